The molecule has 0 bridgehead atoms. The first-order valence-corrected chi connectivity index (χ1v) is 6.45. The minimum atomic E-state index is 0.303. The van der Waals surface area contributed by atoms with Gasteiger partial charge in [-0.15, -0.1) is 0 Å². The first-order valence-electron chi connectivity index (χ1n) is 6.45. The van der Waals surface area contributed by atoms with Crippen LogP contribution in [0.5, 0.6) is 0 Å². The zero-order valence-electron chi connectivity index (χ0n) is 10.3. The first kappa shape index (κ1) is 12.6. The van der Waals surface area contributed by atoms with E-state index in [1.165, 1.54) is 12.0 Å². The van der Waals surface area contributed by atoms with Crippen LogP contribution >= 0.6 is 0 Å². The van der Waals surface area contributed by atoms with Crippen LogP contribution < -0.4 is 5.73 Å². The second-order valence-electron chi connectivity index (χ2n) is 4.82. The van der Waals surface area contributed by atoms with E-state index < -0.39 is 0 Å². The number of hydrogen-bond donors (Lipinski definition) is 2. The Hall–Kier alpha value is -0.900. The predicted octanol–water partition coefficient (Wildman–Crippen LogP) is 1.39. The molecular weight excluding hydrogens is 212 g/mol. The van der Waals surface area contributed by atoms with Gasteiger partial charge in [-0.05, 0) is 30.9 Å². The van der Waals surface area contributed by atoms with Crippen molar-refractivity contribution in [1.29, 1.82) is 0 Å². The van der Waals surface area contributed by atoms with E-state index in [0.717, 1.165) is 19.5 Å². The summed E-state index contributed by atoms with van der Waals surface area (Å²) >= 11 is 0. The number of likely N-dealkylation sites (tertiary alicyclic amines) is 1. The fourth-order valence-corrected chi connectivity index (χ4v) is 2.74. The summed E-state index contributed by atoms with van der Waals surface area (Å²) < 4.78 is 0. The van der Waals surface area contributed by atoms with Gasteiger partial charge in [0.1, 0.15) is 0 Å². The molecule has 0 radical (unpaired) electrons. The van der Waals surface area contributed by atoms with E-state index in [0.29, 0.717) is 25.1 Å². The summed E-state index contributed by atoms with van der Waals surface area (Å²) in [7, 11) is 0. The van der Waals surface area contributed by atoms with Gasteiger partial charge in [0.15, 0.2) is 0 Å². The number of nitrogens with two attached hydrogens (primary N) is 1. The van der Waals surface area contributed by atoms with Gasteiger partial charge in [0, 0.05) is 25.7 Å². The third-order valence-corrected chi connectivity index (χ3v) is 3.70. The Kier molecular flexibility index (Phi) is 4.54. The Labute approximate surface area is 103 Å². The molecule has 1 fully saturated rings. The zero-order chi connectivity index (χ0) is 12.1. The highest BCUT2D eigenvalue weighted by molar-refractivity contribution is 5.19. The maximum Gasteiger partial charge on any atom is 0.0470 e. The first-order chi connectivity index (χ1) is 8.35. The summed E-state index contributed by atoms with van der Waals surface area (Å²) in [4.78, 5) is 2.45. The Morgan fingerprint density at radius 2 is 2.12 bits per heavy atom. The lowest BCUT2D eigenvalue weighted by Crippen LogP contribution is -2.32. The van der Waals surface area contributed by atoms with Crippen molar-refractivity contribution in [2.75, 3.05) is 26.2 Å². The molecule has 0 aliphatic carbocycles. The number of benzene rings is 1. The smallest absolute Gasteiger partial charge is 0.0470 e. The van der Waals surface area contributed by atoms with E-state index in [9.17, 15) is 0 Å². The van der Waals surface area contributed by atoms with E-state index in [1.54, 1.807) is 0 Å². The van der Waals surface area contributed by atoms with Crippen LogP contribution in [0.25, 0.3) is 0 Å². The minimum Gasteiger partial charge on any atom is -0.396 e. The topological polar surface area (TPSA) is 49.5 Å². The average molecular weight is 234 g/mol. The van der Waals surface area contributed by atoms with Crippen molar-refractivity contribution in [3.63, 3.8) is 0 Å². The molecule has 2 rings (SSSR count). The Balaban J connectivity index is 2.01. The van der Waals surface area contributed by atoms with Crippen LogP contribution in [-0.2, 0) is 0 Å². The number of aliphatic hydroxyl groups excluding tert-OH is 1. The van der Waals surface area contributed by atoms with Crippen LogP contribution in [0.2, 0.25) is 0 Å². The number of aliphatic hydroxyl groups is 1. The number of rotatable bonds is 5. The highest BCUT2D eigenvalue weighted by Crippen LogP contribution is 2.28. The van der Waals surface area contributed by atoms with Crippen molar-refractivity contribution in [1.82, 2.24) is 4.90 Å². The van der Waals surface area contributed by atoms with Gasteiger partial charge in [0.25, 0.3) is 0 Å². The molecule has 0 spiro atoms. The van der Waals surface area contributed by atoms with Crippen LogP contribution in [0.15, 0.2) is 30.3 Å². The SMILES string of the molecule is NCC(c1ccccc1)N1CCC(CCO)C1. The van der Waals surface area contributed by atoms with E-state index in [2.05, 4.69) is 29.2 Å². The molecule has 1 aliphatic heterocycles. The van der Waals surface area contributed by atoms with Crippen molar-refractivity contribution < 1.29 is 5.11 Å². The summed E-state index contributed by atoms with van der Waals surface area (Å²) in [5, 5.41) is 8.98. The van der Waals surface area contributed by atoms with E-state index >= 15 is 0 Å². The Bertz CT molecular complexity index is 328. The molecule has 1 heterocycles. The van der Waals surface area contributed by atoms with Gasteiger partial charge in [-0.1, -0.05) is 30.3 Å². The lowest BCUT2D eigenvalue weighted by Gasteiger charge is -2.27. The zero-order valence-corrected chi connectivity index (χ0v) is 10.3. The van der Waals surface area contributed by atoms with Crippen molar-refractivity contribution in [2.24, 2.45) is 11.7 Å². The van der Waals surface area contributed by atoms with Crippen LogP contribution in [0.1, 0.15) is 24.4 Å². The van der Waals surface area contributed by atoms with E-state index in [4.69, 9.17) is 10.8 Å². The maximum atomic E-state index is 8.98. The maximum absolute atomic E-state index is 8.98. The molecule has 0 aromatic heterocycles. The van der Waals surface area contributed by atoms with Gasteiger partial charge in [-0.3, -0.25) is 4.90 Å². The fraction of sp³-hybridized carbons (Fsp3) is 0.571. The number of nitrogens with zero attached hydrogens (tertiary/aromatic N) is 1. The van der Waals surface area contributed by atoms with Gasteiger partial charge >= 0.3 is 0 Å². The Morgan fingerprint density at radius 1 is 1.35 bits per heavy atom. The minimum absolute atomic E-state index is 0.303. The van der Waals surface area contributed by atoms with Crippen molar-refractivity contribution in [2.45, 2.75) is 18.9 Å². The quantitative estimate of drug-likeness (QED) is 0.809. The summed E-state index contributed by atoms with van der Waals surface area (Å²) in [5.41, 5.74) is 7.22. The third-order valence-electron chi connectivity index (χ3n) is 3.70. The van der Waals surface area contributed by atoms with Gasteiger partial charge in [-0.25, -0.2) is 0 Å². The van der Waals surface area contributed by atoms with Crippen molar-refractivity contribution >= 4 is 0 Å². The lowest BCUT2D eigenvalue weighted by molar-refractivity contribution is 0.223. The van der Waals surface area contributed by atoms with Gasteiger partial charge in [0.05, 0.1) is 0 Å². The van der Waals surface area contributed by atoms with Gasteiger partial charge in [-0.2, -0.15) is 0 Å². The van der Waals surface area contributed by atoms with Crippen molar-refractivity contribution in [3.8, 4) is 0 Å². The van der Waals surface area contributed by atoms with Crippen molar-refractivity contribution in [3.05, 3.63) is 35.9 Å². The molecule has 1 aromatic rings. The molecular formula is C14H22N2O. The Morgan fingerprint density at radius 3 is 2.76 bits per heavy atom. The van der Waals surface area contributed by atoms with Crippen LogP contribution in [0, 0.1) is 5.92 Å². The second-order valence-corrected chi connectivity index (χ2v) is 4.82. The monoisotopic (exact) mass is 234 g/mol. The van der Waals surface area contributed by atoms with Gasteiger partial charge < -0.3 is 10.8 Å². The molecule has 0 amide bonds. The molecule has 1 aliphatic rings. The third kappa shape index (κ3) is 3.06. The molecule has 1 saturated heterocycles. The normalized spacial score (nSPS) is 22.8. The van der Waals surface area contributed by atoms with E-state index in [1.807, 2.05) is 6.07 Å². The summed E-state index contributed by atoms with van der Waals surface area (Å²) in [6, 6.07) is 10.8. The highest BCUT2D eigenvalue weighted by Gasteiger charge is 2.27. The second kappa shape index (κ2) is 6.15. The number of hydrogen-bond acceptors (Lipinski definition) is 3. The molecule has 1 aromatic carbocycles. The molecule has 3 heteroatoms. The summed E-state index contributed by atoms with van der Waals surface area (Å²) in [5.74, 6) is 0.637. The molecule has 17 heavy (non-hydrogen) atoms. The highest BCUT2D eigenvalue weighted by atomic mass is 16.3. The lowest BCUT2D eigenvalue weighted by atomic mass is 10.0. The van der Waals surface area contributed by atoms with Crippen LogP contribution in [-0.4, -0.2) is 36.2 Å². The molecule has 94 valence electrons. The molecule has 0 saturated carbocycles. The van der Waals surface area contributed by atoms with E-state index in [-0.39, 0.29) is 0 Å². The fourth-order valence-electron chi connectivity index (χ4n) is 2.74. The van der Waals surface area contributed by atoms with Crippen LogP contribution in [0.3, 0.4) is 0 Å². The predicted molar refractivity (Wildman–Crippen MR) is 69.6 cm³/mol. The largest absolute Gasteiger partial charge is 0.396 e. The molecule has 2 unspecified atom stereocenters. The average Bonchev–Trinajstić information content (AvgIpc) is 2.81. The summed E-state index contributed by atoms with van der Waals surface area (Å²) in [6.07, 6.45) is 2.10. The van der Waals surface area contributed by atoms with Crippen LogP contribution in [0.4, 0.5) is 0 Å². The summed E-state index contributed by atoms with van der Waals surface area (Å²) in [6.45, 7) is 3.13. The molecule has 2 atom stereocenters. The standard InChI is InChI=1S/C14H22N2O/c15-10-14(13-4-2-1-3-5-13)16-8-6-12(11-16)7-9-17/h1-5,12,14,17H,6-11,15H2. The molecule has 3 N–H and O–H groups in total. The molecule has 3 nitrogen and oxygen atoms in total. The van der Waals surface area contributed by atoms with Gasteiger partial charge in [0.2, 0.25) is 0 Å².